The van der Waals surface area contributed by atoms with Gasteiger partial charge >= 0.3 is 0 Å². The zero-order chi connectivity index (χ0) is 10.4. The van der Waals surface area contributed by atoms with Gasteiger partial charge in [-0.3, -0.25) is 5.43 Å². The summed E-state index contributed by atoms with van der Waals surface area (Å²) >= 11 is 4.84. The van der Waals surface area contributed by atoms with Gasteiger partial charge in [0.15, 0.2) is 10.9 Å². The third kappa shape index (κ3) is 3.06. The first-order valence-electron chi connectivity index (χ1n) is 4.16. The molecule has 76 valence electrons. The van der Waals surface area contributed by atoms with Gasteiger partial charge in [-0.15, -0.1) is 0 Å². The zero-order valence-electron chi connectivity index (χ0n) is 7.87. The van der Waals surface area contributed by atoms with Gasteiger partial charge in [-0.1, -0.05) is 12.2 Å². The Balaban J connectivity index is 2.55. The third-order valence-electron chi connectivity index (χ3n) is 1.59. The number of nitrogens with one attached hydrogen (secondary N) is 3. The maximum Gasteiger partial charge on any atom is 0.186 e. The Morgan fingerprint density at radius 3 is 3.07 bits per heavy atom. The second kappa shape index (κ2) is 5.23. The van der Waals surface area contributed by atoms with Crippen molar-refractivity contribution in [2.24, 2.45) is 10.8 Å². The number of amidine groups is 1. The Morgan fingerprint density at radius 1 is 1.71 bits per heavy atom. The van der Waals surface area contributed by atoms with Crippen molar-refractivity contribution in [3.05, 3.63) is 23.9 Å². The second-order valence-corrected chi connectivity index (χ2v) is 2.99. The van der Waals surface area contributed by atoms with Crippen LogP contribution in [0.25, 0.3) is 0 Å². The normalized spacial score (nSPS) is 15.5. The Labute approximate surface area is 88.1 Å². The van der Waals surface area contributed by atoms with Crippen molar-refractivity contribution in [3.8, 4) is 0 Å². The van der Waals surface area contributed by atoms with Crippen LogP contribution in [0.3, 0.4) is 0 Å². The molecule has 0 aromatic rings. The molecular weight excluding hydrogens is 198 g/mol. The minimum Gasteiger partial charge on any atom is -0.381 e. The molecule has 14 heavy (non-hydrogen) atoms. The summed E-state index contributed by atoms with van der Waals surface area (Å²) in [6.45, 7) is 0.762. The molecule has 1 aliphatic heterocycles. The van der Waals surface area contributed by atoms with Gasteiger partial charge < -0.3 is 16.4 Å². The number of nitrogens with two attached hydrogens (primary N) is 1. The predicted octanol–water partition coefficient (Wildman–Crippen LogP) is -0.604. The summed E-state index contributed by atoms with van der Waals surface area (Å²) in [7, 11) is 1.71. The number of hydrogen-bond acceptors (Lipinski definition) is 3. The first kappa shape index (κ1) is 10.5. The fourth-order valence-electron chi connectivity index (χ4n) is 0.863. The molecule has 0 unspecified atom stereocenters. The molecule has 0 aliphatic carbocycles. The number of dihydropyridines is 1. The van der Waals surface area contributed by atoms with E-state index in [0.29, 0.717) is 10.9 Å². The van der Waals surface area contributed by atoms with Gasteiger partial charge in [-0.25, -0.2) is 0 Å². The SMILES string of the molecule is CNC(=S)NN=C(N)C1=CC=CCN1. The van der Waals surface area contributed by atoms with Gasteiger partial charge in [0.1, 0.15) is 0 Å². The molecular formula is C8H13N5S. The van der Waals surface area contributed by atoms with Gasteiger partial charge in [-0.05, 0) is 18.3 Å². The average Bonchev–Trinajstić information content (AvgIpc) is 2.26. The second-order valence-electron chi connectivity index (χ2n) is 2.58. The van der Waals surface area contributed by atoms with E-state index in [2.05, 4.69) is 21.2 Å². The van der Waals surface area contributed by atoms with Crippen molar-refractivity contribution in [1.29, 1.82) is 0 Å². The van der Waals surface area contributed by atoms with E-state index in [1.165, 1.54) is 0 Å². The molecule has 1 rings (SSSR count). The molecule has 0 saturated heterocycles. The molecule has 0 aromatic heterocycles. The van der Waals surface area contributed by atoms with Crippen LogP contribution < -0.4 is 21.8 Å². The third-order valence-corrected chi connectivity index (χ3v) is 1.89. The lowest BCUT2D eigenvalue weighted by atomic mass is 10.3. The highest BCUT2D eigenvalue weighted by atomic mass is 32.1. The smallest absolute Gasteiger partial charge is 0.186 e. The van der Waals surface area contributed by atoms with Crippen LogP contribution in [0.2, 0.25) is 0 Å². The Bertz CT molecular complexity index is 305. The van der Waals surface area contributed by atoms with Crippen molar-refractivity contribution in [2.75, 3.05) is 13.6 Å². The molecule has 0 radical (unpaired) electrons. The van der Waals surface area contributed by atoms with Gasteiger partial charge in [0.25, 0.3) is 0 Å². The minimum absolute atomic E-state index is 0.381. The molecule has 1 heterocycles. The highest BCUT2D eigenvalue weighted by Gasteiger charge is 2.02. The highest BCUT2D eigenvalue weighted by Crippen LogP contribution is 1.95. The molecule has 0 saturated carbocycles. The maximum atomic E-state index is 5.69. The summed E-state index contributed by atoms with van der Waals surface area (Å²) < 4.78 is 0. The Hall–Kier alpha value is -1.56. The molecule has 0 fully saturated rings. The first-order valence-corrected chi connectivity index (χ1v) is 4.57. The van der Waals surface area contributed by atoms with Crippen LogP contribution in [0, 0.1) is 0 Å². The van der Waals surface area contributed by atoms with Crippen LogP contribution in [-0.4, -0.2) is 24.5 Å². The topological polar surface area (TPSA) is 74.5 Å². The van der Waals surface area contributed by atoms with E-state index in [0.717, 1.165) is 12.2 Å². The molecule has 0 spiro atoms. The van der Waals surface area contributed by atoms with Crippen LogP contribution in [0.15, 0.2) is 29.0 Å². The number of rotatable bonds is 2. The molecule has 0 atom stereocenters. The minimum atomic E-state index is 0.381. The van der Waals surface area contributed by atoms with Crippen molar-refractivity contribution in [2.45, 2.75) is 0 Å². The van der Waals surface area contributed by atoms with Crippen molar-refractivity contribution in [1.82, 2.24) is 16.1 Å². The van der Waals surface area contributed by atoms with Crippen LogP contribution in [0.4, 0.5) is 0 Å². The van der Waals surface area contributed by atoms with E-state index < -0.39 is 0 Å². The molecule has 5 N–H and O–H groups in total. The standard InChI is InChI=1S/C8H13N5S/c1-10-8(14)13-12-7(9)6-4-2-3-5-11-6/h2-4,11H,5H2,1H3,(H2,9,12)(H2,10,13,14). The molecule has 1 aliphatic rings. The fraction of sp³-hybridized carbons (Fsp3) is 0.250. The van der Waals surface area contributed by atoms with E-state index >= 15 is 0 Å². The largest absolute Gasteiger partial charge is 0.381 e. The van der Waals surface area contributed by atoms with E-state index in [-0.39, 0.29) is 0 Å². The van der Waals surface area contributed by atoms with E-state index in [9.17, 15) is 0 Å². The van der Waals surface area contributed by atoms with E-state index in [1.807, 2.05) is 18.2 Å². The number of thiocarbonyl (C=S) groups is 1. The van der Waals surface area contributed by atoms with Gasteiger partial charge in [0.05, 0.1) is 5.70 Å². The molecule has 0 amide bonds. The number of hydrogen-bond donors (Lipinski definition) is 4. The number of nitrogens with zero attached hydrogens (tertiary/aromatic N) is 1. The average molecular weight is 211 g/mol. The van der Waals surface area contributed by atoms with Gasteiger partial charge in [0.2, 0.25) is 0 Å². The molecule has 6 heteroatoms. The van der Waals surface area contributed by atoms with Crippen LogP contribution in [-0.2, 0) is 0 Å². The van der Waals surface area contributed by atoms with E-state index in [1.54, 1.807) is 7.05 Å². The zero-order valence-corrected chi connectivity index (χ0v) is 8.69. The number of hydrazone groups is 1. The quantitative estimate of drug-likeness (QED) is 0.212. The lowest BCUT2D eigenvalue weighted by Gasteiger charge is -2.11. The molecule has 0 aromatic carbocycles. The first-order chi connectivity index (χ1) is 6.74. The van der Waals surface area contributed by atoms with Crippen molar-refractivity contribution >= 4 is 23.2 Å². The van der Waals surface area contributed by atoms with Crippen molar-refractivity contribution in [3.63, 3.8) is 0 Å². The lowest BCUT2D eigenvalue weighted by molar-refractivity contribution is 0.912. The Morgan fingerprint density at radius 2 is 2.50 bits per heavy atom. The maximum absolute atomic E-state index is 5.69. The highest BCUT2D eigenvalue weighted by molar-refractivity contribution is 7.80. The Kier molecular flexibility index (Phi) is 3.93. The molecule has 5 nitrogen and oxygen atoms in total. The van der Waals surface area contributed by atoms with E-state index in [4.69, 9.17) is 18.0 Å². The summed E-state index contributed by atoms with van der Waals surface area (Å²) in [6.07, 6.45) is 5.76. The lowest BCUT2D eigenvalue weighted by Crippen LogP contribution is -2.34. The van der Waals surface area contributed by atoms with Crippen LogP contribution in [0.5, 0.6) is 0 Å². The summed E-state index contributed by atoms with van der Waals surface area (Å²) in [5, 5.41) is 10.1. The summed E-state index contributed by atoms with van der Waals surface area (Å²) in [5.74, 6) is 0.381. The van der Waals surface area contributed by atoms with Crippen molar-refractivity contribution < 1.29 is 0 Å². The molecule has 0 bridgehead atoms. The van der Waals surface area contributed by atoms with Gasteiger partial charge in [0, 0.05) is 13.6 Å². The summed E-state index contributed by atoms with van der Waals surface area (Å²) in [6, 6.07) is 0. The number of allylic oxidation sites excluding steroid dienone is 2. The van der Waals surface area contributed by atoms with Crippen LogP contribution >= 0.6 is 12.2 Å². The predicted molar refractivity (Wildman–Crippen MR) is 61.6 cm³/mol. The van der Waals surface area contributed by atoms with Crippen LogP contribution in [0.1, 0.15) is 0 Å². The summed E-state index contributed by atoms with van der Waals surface area (Å²) in [4.78, 5) is 0. The fourth-order valence-corrected chi connectivity index (χ4v) is 0.909. The van der Waals surface area contributed by atoms with Gasteiger partial charge in [-0.2, -0.15) is 5.10 Å². The monoisotopic (exact) mass is 211 g/mol. The summed E-state index contributed by atoms with van der Waals surface area (Å²) in [5.41, 5.74) is 9.09.